The van der Waals surface area contributed by atoms with E-state index in [-0.39, 0.29) is 11.3 Å². The summed E-state index contributed by atoms with van der Waals surface area (Å²) in [7, 11) is 0. The lowest BCUT2D eigenvalue weighted by Gasteiger charge is -2.13. The lowest BCUT2D eigenvalue weighted by Crippen LogP contribution is -2.17. The number of ether oxygens (including phenoxy) is 1. The molecule has 30 heavy (non-hydrogen) atoms. The maximum Gasteiger partial charge on any atom is 0.573 e. The van der Waals surface area contributed by atoms with Gasteiger partial charge in [0, 0.05) is 5.69 Å². The van der Waals surface area contributed by atoms with Gasteiger partial charge >= 0.3 is 12.3 Å². The second-order valence-corrected chi connectivity index (χ2v) is 6.51. The minimum atomic E-state index is -4.76. The molecular weight excluding hydrogens is 402 g/mol. The van der Waals surface area contributed by atoms with Gasteiger partial charge in [-0.05, 0) is 72.5 Å². The van der Waals surface area contributed by atoms with Crippen LogP contribution < -0.4 is 10.1 Å². The zero-order valence-electron chi connectivity index (χ0n) is 15.5. The van der Waals surface area contributed by atoms with Gasteiger partial charge in [0.1, 0.15) is 11.6 Å². The van der Waals surface area contributed by atoms with Gasteiger partial charge < -0.3 is 15.2 Å². The number of carboxylic acid groups (broad SMARTS) is 1. The summed E-state index contributed by atoms with van der Waals surface area (Å²) >= 11 is 0. The van der Waals surface area contributed by atoms with Crippen molar-refractivity contribution in [3.63, 3.8) is 0 Å². The number of hydrogen-bond acceptors (Lipinski definition) is 3. The summed E-state index contributed by atoms with van der Waals surface area (Å²) in [6.07, 6.45) is -3.86. The predicted octanol–water partition coefficient (Wildman–Crippen LogP) is 5.95. The smallest absolute Gasteiger partial charge is 0.478 e. The Morgan fingerprint density at radius 2 is 1.60 bits per heavy atom. The van der Waals surface area contributed by atoms with Gasteiger partial charge in [-0.15, -0.1) is 13.2 Å². The summed E-state index contributed by atoms with van der Waals surface area (Å²) in [4.78, 5) is 11.5. The van der Waals surface area contributed by atoms with Crippen LogP contribution in [0.3, 0.4) is 0 Å². The second-order valence-electron chi connectivity index (χ2n) is 6.51. The average molecular weight is 419 g/mol. The monoisotopic (exact) mass is 419 g/mol. The summed E-state index contributed by atoms with van der Waals surface area (Å²) < 4.78 is 54.1. The highest BCUT2D eigenvalue weighted by atomic mass is 19.4. The fourth-order valence-electron chi connectivity index (χ4n) is 2.91. The molecule has 0 unspecified atom stereocenters. The molecule has 0 atom stereocenters. The van der Waals surface area contributed by atoms with Gasteiger partial charge in [0.05, 0.1) is 11.3 Å². The van der Waals surface area contributed by atoms with E-state index in [0.717, 1.165) is 5.56 Å². The van der Waals surface area contributed by atoms with Crippen LogP contribution in [0.2, 0.25) is 0 Å². The summed E-state index contributed by atoms with van der Waals surface area (Å²) in [6.45, 7) is 0. The predicted molar refractivity (Wildman–Crippen MR) is 104 cm³/mol. The number of carboxylic acids is 1. The molecule has 0 aliphatic rings. The van der Waals surface area contributed by atoms with Crippen molar-refractivity contribution in [2.75, 3.05) is 5.32 Å². The Morgan fingerprint density at radius 1 is 0.933 bits per heavy atom. The topological polar surface area (TPSA) is 58.6 Å². The van der Waals surface area contributed by atoms with E-state index in [9.17, 15) is 27.5 Å². The number of nitrogens with one attached hydrogen (secondary N) is 1. The number of hydrogen-bond donors (Lipinski definition) is 2. The van der Waals surface area contributed by atoms with Crippen LogP contribution in [0.25, 0.3) is 0 Å². The molecule has 0 bridgehead atoms. The normalized spacial score (nSPS) is 11.2. The van der Waals surface area contributed by atoms with E-state index in [0.29, 0.717) is 29.8 Å². The number of rotatable bonds is 7. The lowest BCUT2D eigenvalue weighted by atomic mass is 10.0. The molecule has 2 N–H and O–H groups in total. The summed E-state index contributed by atoms with van der Waals surface area (Å²) in [5, 5.41) is 12.4. The SMILES string of the molecule is O=C(O)c1ccc(CCc2cccc(OC(F)(F)F)c2)cc1Nc1ccc(F)cc1. The third kappa shape index (κ3) is 5.97. The molecule has 0 amide bonds. The van der Waals surface area contributed by atoms with Gasteiger partial charge in [-0.3, -0.25) is 0 Å². The quantitative estimate of drug-likeness (QED) is 0.465. The van der Waals surface area contributed by atoms with E-state index in [1.165, 1.54) is 48.5 Å². The number of alkyl halides is 3. The minimum absolute atomic E-state index is 0.0450. The molecule has 0 aromatic heterocycles. The molecule has 3 aromatic carbocycles. The molecule has 8 heteroatoms. The molecule has 0 radical (unpaired) electrons. The first-order valence-electron chi connectivity index (χ1n) is 8.93. The molecule has 0 aliphatic heterocycles. The Labute approximate surface area is 169 Å². The molecule has 0 saturated carbocycles. The summed E-state index contributed by atoms with van der Waals surface area (Å²) in [5.74, 6) is -1.83. The molecule has 0 heterocycles. The Balaban J connectivity index is 1.76. The van der Waals surface area contributed by atoms with E-state index in [1.807, 2.05) is 0 Å². The molecule has 0 aliphatic carbocycles. The van der Waals surface area contributed by atoms with Gasteiger partial charge in [-0.1, -0.05) is 18.2 Å². The molecule has 0 spiro atoms. The van der Waals surface area contributed by atoms with Crippen LogP contribution in [0.5, 0.6) is 5.75 Å². The highest BCUT2D eigenvalue weighted by Gasteiger charge is 2.31. The van der Waals surface area contributed by atoms with Crippen LogP contribution in [-0.2, 0) is 12.8 Å². The number of halogens is 4. The van der Waals surface area contributed by atoms with Crippen molar-refractivity contribution in [1.82, 2.24) is 0 Å². The zero-order valence-corrected chi connectivity index (χ0v) is 15.5. The Morgan fingerprint density at radius 3 is 2.23 bits per heavy atom. The molecule has 156 valence electrons. The van der Waals surface area contributed by atoms with Crippen molar-refractivity contribution >= 4 is 17.3 Å². The van der Waals surface area contributed by atoms with Gasteiger partial charge in [-0.2, -0.15) is 0 Å². The number of anilines is 2. The van der Waals surface area contributed by atoms with Crippen LogP contribution in [0.1, 0.15) is 21.5 Å². The highest BCUT2D eigenvalue weighted by Crippen LogP contribution is 2.26. The van der Waals surface area contributed by atoms with E-state index in [1.54, 1.807) is 18.2 Å². The van der Waals surface area contributed by atoms with Crippen molar-refractivity contribution in [3.8, 4) is 5.75 Å². The van der Waals surface area contributed by atoms with Crippen LogP contribution >= 0.6 is 0 Å². The van der Waals surface area contributed by atoms with Crippen LogP contribution in [0.15, 0.2) is 66.7 Å². The molecule has 4 nitrogen and oxygen atoms in total. The largest absolute Gasteiger partial charge is 0.573 e. The maximum atomic E-state index is 13.1. The van der Waals surface area contributed by atoms with Gasteiger partial charge in [-0.25, -0.2) is 9.18 Å². The first-order valence-corrected chi connectivity index (χ1v) is 8.93. The van der Waals surface area contributed by atoms with Gasteiger partial charge in [0.25, 0.3) is 0 Å². The Bertz CT molecular complexity index is 1030. The van der Waals surface area contributed by atoms with Crippen LogP contribution in [-0.4, -0.2) is 17.4 Å². The number of benzene rings is 3. The van der Waals surface area contributed by atoms with E-state index >= 15 is 0 Å². The fraction of sp³-hybridized carbons (Fsp3) is 0.136. The standard InChI is InChI=1S/C22H17F4NO3/c23-16-7-9-17(10-8-16)27-20-13-15(6-11-19(20)21(28)29)5-4-14-2-1-3-18(12-14)30-22(24,25)26/h1-3,6-13,27H,4-5H2,(H,28,29). The lowest BCUT2D eigenvalue weighted by molar-refractivity contribution is -0.274. The second kappa shape index (κ2) is 8.86. The zero-order chi connectivity index (χ0) is 21.7. The Hall–Kier alpha value is -3.55. The third-order valence-electron chi connectivity index (χ3n) is 4.27. The summed E-state index contributed by atoms with van der Waals surface area (Å²) in [5.41, 5.74) is 2.33. The van der Waals surface area contributed by atoms with Crippen molar-refractivity contribution in [1.29, 1.82) is 0 Å². The fourth-order valence-corrected chi connectivity index (χ4v) is 2.91. The number of aromatic carboxylic acids is 1. The van der Waals surface area contributed by atoms with Crippen LogP contribution in [0, 0.1) is 5.82 Å². The number of carbonyl (C=O) groups is 1. The average Bonchev–Trinajstić information content (AvgIpc) is 2.67. The van der Waals surface area contributed by atoms with E-state index < -0.39 is 18.1 Å². The van der Waals surface area contributed by atoms with E-state index in [4.69, 9.17) is 0 Å². The molecule has 0 saturated heterocycles. The molecule has 0 fully saturated rings. The minimum Gasteiger partial charge on any atom is -0.478 e. The molecule has 3 rings (SSSR count). The summed E-state index contributed by atoms with van der Waals surface area (Å²) in [6, 6.07) is 15.9. The first kappa shape index (κ1) is 21.2. The van der Waals surface area contributed by atoms with E-state index in [2.05, 4.69) is 10.1 Å². The van der Waals surface area contributed by atoms with Crippen molar-refractivity contribution < 1.29 is 32.2 Å². The Kier molecular flexibility index (Phi) is 6.25. The molecular formula is C22H17F4NO3. The number of aryl methyl sites for hydroxylation is 2. The highest BCUT2D eigenvalue weighted by molar-refractivity contribution is 5.95. The molecule has 3 aromatic rings. The van der Waals surface area contributed by atoms with Gasteiger partial charge in [0.15, 0.2) is 0 Å². The third-order valence-corrected chi connectivity index (χ3v) is 4.27. The van der Waals surface area contributed by atoms with Gasteiger partial charge in [0.2, 0.25) is 0 Å². The van der Waals surface area contributed by atoms with Crippen molar-refractivity contribution in [3.05, 3.63) is 89.2 Å². The van der Waals surface area contributed by atoms with Crippen molar-refractivity contribution in [2.45, 2.75) is 19.2 Å². The maximum absolute atomic E-state index is 13.1. The van der Waals surface area contributed by atoms with Crippen LogP contribution in [0.4, 0.5) is 28.9 Å². The van der Waals surface area contributed by atoms with Crippen molar-refractivity contribution in [2.24, 2.45) is 0 Å². The first-order chi connectivity index (χ1) is 14.2.